The molecule has 8 heteroatoms. The first-order valence-corrected chi connectivity index (χ1v) is 9.98. The minimum Gasteiger partial charge on any atom is -0.466 e. The maximum Gasteiger partial charge on any atom is 0.312 e. The molecule has 152 valence electrons. The number of carbonyl (C=O) groups excluding carboxylic acids is 3. The molecular formula is C19H30N2O6. The number of hydrogen-bond acceptors (Lipinski definition) is 6. The second-order valence-electron chi connectivity index (χ2n) is 7.73. The summed E-state index contributed by atoms with van der Waals surface area (Å²) >= 11 is 0. The van der Waals surface area contributed by atoms with Crippen LogP contribution in [0, 0.1) is 11.8 Å². The van der Waals surface area contributed by atoms with E-state index in [1.807, 2.05) is 6.92 Å². The molecule has 0 aromatic heterocycles. The fourth-order valence-corrected chi connectivity index (χ4v) is 4.94. The maximum atomic E-state index is 13.3. The lowest BCUT2D eigenvalue weighted by molar-refractivity contribution is -0.155. The van der Waals surface area contributed by atoms with E-state index in [-0.39, 0.29) is 25.0 Å². The molecule has 0 aromatic carbocycles. The zero-order chi connectivity index (χ0) is 19.8. The summed E-state index contributed by atoms with van der Waals surface area (Å²) in [4.78, 5) is 40.3. The Kier molecular flexibility index (Phi) is 5.76. The fraction of sp³-hybridized carbons (Fsp3) is 0.842. The van der Waals surface area contributed by atoms with Crippen LogP contribution >= 0.6 is 0 Å². The van der Waals surface area contributed by atoms with E-state index in [1.54, 1.807) is 13.8 Å². The number of rotatable bonds is 8. The third kappa shape index (κ3) is 3.02. The van der Waals surface area contributed by atoms with Crippen molar-refractivity contribution in [3.63, 3.8) is 0 Å². The SMILES string of the molecule is CCCCNC(=O)C1N([C@H](C)CO)C(=O)[C@@H]2[C@H](C(=O)OCC)[C@@H]3CCC12O3. The second-order valence-corrected chi connectivity index (χ2v) is 7.73. The normalized spacial score (nSPS) is 35.3. The van der Waals surface area contributed by atoms with Gasteiger partial charge < -0.3 is 24.8 Å². The van der Waals surface area contributed by atoms with Crippen molar-refractivity contribution in [3.8, 4) is 0 Å². The third-order valence-electron chi connectivity index (χ3n) is 6.11. The summed E-state index contributed by atoms with van der Waals surface area (Å²) in [5, 5.41) is 12.6. The molecule has 2 amide bonds. The average molecular weight is 382 g/mol. The Labute approximate surface area is 159 Å². The van der Waals surface area contributed by atoms with Crippen LogP contribution < -0.4 is 5.32 Å². The number of fused-ring (bicyclic) bond motifs is 1. The second kappa shape index (κ2) is 7.75. The van der Waals surface area contributed by atoms with Crippen molar-refractivity contribution in [3.05, 3.63) is 0 Å². The average Bonchev–Trinajstić information content (AvgIpc) is 3.28. The largest absolute Gasteiger partial charge is 0.466 e. The van der Waals surface area contributed by atoms with Crippen LogP contribution in [0.1, 0.15) is 46.5 Å². The van der Waals surface area contributed by atoms with E-state index in [2.05, 4.69) is 5.32 Å². The Bertz CT molecular complexity index is 611. The van der Waals surface area contributed by atoms with Gasteiger partial charge in [0.25, 0.3) is 0 Å². The molecule has 3 aliphatic heterocycles. The van der Waals surface area contributed by atoms with Crippen LogP contribution in [0.25, 0.3) is 0 Å². The lowest BCUT2D eigenvalue weighted by Gasteiger charge is -2.35. The first kappa shape index (κ1) is 20.1. The van der Waals surface area contributed by atoms with Gasteiger partial charge in [-0.15, -0.1) is 0 Å². The predicted molar refractivity (Wildman–Crippen MR) is 95.6 cm³/mol. The number of unbranched alkanes of at least 4 members (excludes halogenated alkanes) is 1. The molecule has 6 atom stereocenters. The Balaban J connectivity index is 1.95. The highest BCUT2D eigenvalue weighted by atomic mass is 16.6. The van der Waals surface area contributed by atoms with Crippen molar-refractivity contribution in [2.45, 2.75) is 70.2 Å². The van der Waals surface area contributed by atoms with Crippen molar-refractivity contribution < 1.29 is 29.0 Å². The van der Waals surface area contributed by atoms with Gasteiger partial charge in [0.2, 0.25) is 11.8 Å². The highest BCUT2D eigenvalue weighted by molar-refractivity contribution is 5.98. The quantitative estimate of drug-likeness (QED) is 0.460. The van der Waals surface area contributed by atoms with Crippen molar-refractivity contribution in [1.82, 2.24) is 10.2 Å². The number of nitrogens with zero attached hydrogens (tertiary/aromatic N) is 1. The molecule has 0 aliphatic carbocycles. The number of aliphatic hydroxyl groups excluding tert-OH is 1. The summed E-state index contributed by atoms with van der Waals surface area (Å²) in [7, 11) is 0. The first-order valence-electron chi connectivity index (χ1n) is 9.98. The standard InChI is InChI=1S/C19H30N2O6/c1-4-6-9-20-16(23)15-19-8-7-12(27-19)13(18(25)26-5-2)14(19)17(24)21(15)11(3)10-22/h11-15,22H,4-10H2,1-3H3,(H,20,23)/t11-,12+,13-,14+,15?,19?/m1/s1. The minimum absolute atomic E-state index is 0.230. The summed E-state index contributed by atoms with van der Waals surface area (Å²) < 4.78 is 11.4. The zero-order valence-corrected chi connectivity index (χ0v) is 16.3. The van der Waals surface area contributed by atoms with E-state index in [9.17, 15) is 19.5 Å². The predicted octanol–water partition coefficient (Wildman–Crippen LogP) is 0.221. The van der Waals surface area contributed by atoms with Crippen LogP contribution in [0.2, 0.25) is 0 Å². The number of carbonyl (C=O) groups is 3. The van der Waals surface area contributed by atoms with E-state index >= 15 is 0 Å². The minimum atomic E-state index is -1.01. The van der Waals surface area contributed by atoms with Crippen molar-refractivity contribution in [2.75, 3.05) is 19.8 Å². The molecule has 0 saturated carbocycles. The lowest BCUT2D eigenvalue weighted by Crippen LogP contribution is -2.57. The molecule has 2 unspecified atom stereocenters. The molecule has 3 saturated heterocycles. The molecule has 2 bridgehead atoms. The molecule has 0 aromatic rings. The molecular weight excluding hydrogens is 352 g/mol. The molecule has 3 aliphatic rings. The van der Waals surface area contributed by atoms with Gasteiger partial charge in [-0.3, -0.25) is 14.4 Å². The topological polar surface area (TPSA) is 105 Å². The smallest absolute Gasteiger partial charge is 0.312 e. The van der Waals surface area contributed by atoms with Crippen molar-refractivity contribution in [1.29, 1.82) is 0 Å². The van der Waals surface area contributed by atoms with Crippen LogP contribution in [-0.4, -0.2) is 71.3 Å². The summed E-state index contributed by atoms with van der Waals surface area (Å²) in [6.07, 6.45) is 2.55. The molecule has 8 nitrogen and oxygen atoms in total. The van der Waals surface area contributed by atoms with E-state index in [4.69, 9.17) is 9.47 Å². The molecule has 3 rings (SSSR count). The van der Waals surface area contributed by atoms with E-state index < -0.39 is 41.6 Å². The summed E-state index contributed by atoms with van der Waals surface area (Å²) in [5.41, 5.74) is -1.01. The number of amides is 2. The molecule has 2 N–H and O–H groups in total. The summed E-state index contributed by atoms with van der Waals surface area (Å²) in [6.45, 7) is 5.95. The number of ether oxygens (including phenoxy) is 2. The van der Waals surface area contributed by atoms with Crippen molar-refractivity contribution >= 4 is 17.8 Å². The Morgan fingerprint density at radius 2 is 2.19 bits per heavy atom. The Morgan fingerprint density at radius 1 is 1.44 bits per heavy atom. The Hall–Kier alpha value is -1.67. The molecule has 3 heterocycles. The van der Waals surface area contributed by atoms with E-state index in [1.165, 1.54) is 4.90 Å². The van der Waals surface area contributed by atoms with E-state index in [0.717, 1.165) is 12.8 Å². The van der Waals surface area contributed by atoms with Gasteiger partial charge in [-0.1, -0.05) is 13.3 Å². The van der Waals surface area contributed by atoms with Gasteiger partial charge in [-0.05, 0) is 33.1 Å². The van der Waals surface area contributed by atoms with E-state index in [0.29, 0.717) is 19.4 Å². The summed E-state index contributed by atoms with van der Waals surface area (Å²) in [5.74, 6) is -2.43. The lowest BCUT2D eigenvalue weighted by atomic mass is 9.71. The van der Waals surface area contributed by atoms with Crippen LogP contribution in [-0.2, 0) is 23.9 Å². The third-order valence-corrected chi connectivity index (χ3v) is 6.11. The molecule has 3 fully saturated rings. The first-order chi connectivity index (χ1) is 12.9. The highest BCUT2D eigenvalue weighted by Gasteiger charge is 2.75. The monoisotopic (exact) mass is 382 g/mol. The van der Waals surface area contributed by atoms with Gasteiger partial charge in [0, 0.05) is 6.54 Å². The Morgan fingerprint density at radius 3 is 2.81 bits per heavy atom. The van der Waals surface area contributed by atoms with Crippen LogP contribution in [0.15, 0.2) is 0 Å². The van der Waals surface area contributed by atoms with Gasteiger partial charge in [-0.2, -0.15) is 0 Å². The molecule has 1 spiro atoms. The molecule has 0 radical (unpaired) electrons. The van der Waals surface area contributed by atoms with Gasteiger partial charge >= 0.3 is 5.97 Å². The van der Waals surface area contributed by atoms with Crippen LogP contribution in [0.4, 0.5) is 0 Å². The maximum absolute atomic E-state index is 13.3. The summed E-state index contributed by atoms with van der Waals surface area (Å²) in [6, 6.07) is -1.37. The van der Waals surface area contributed by atoms with Gasteiger partial charge in [0.15, 0.2) is 0 Å². The number of likely N-dealkylation sites (tertiary alicyclic amines) is 1. The van der Waals surface area contributed by atoms with Crippen molar-refractivity contribution in [2.24, 2.45) is 11.8 Å². The number of esters is 1. The molecule has 27 heavy (non-hydrogen) atoms. The van der Waals surface area contributed by atoms with Gasteiger partial charge in [0.1, 0.15) is 11.6 Å². The van der Waals surface area contributed by atoms with Gasteiger partial charge in [-0.25, -0.2) is 0 Å². The zero-order valence-electron chi connectivity index (χ0n) is 16.3. The van der Waals surface area contributed by atoms with Crippen LogP contribution in [0.5, 0.6) is 0 Å². The van der Waals surface area contributed by atoms with Gasteiger partial charge in [0.05, 0.1) is 37.2 Å². The highest BCUT2D eigenvalue weighted by Crippen LogP contribution is 2.58. The fourth-order valence-electron chi connectivity index (χ4n) is 4.94. The number of hydrogen-bond donors (Lipinski definition) is 2. The number of aliphatic hydroxyl groups is 1. The van der Waals surface area contributed by atoms with Crippen LogP contribution in [0.3, 0.4) is 0 Å². The number of nitrogens with one attached hydrogen (secondary N) is 1.